The predicted octanol–water partition coefficient (Wildman–Crippen LogP) is 1.72. The highest BCUT2D eigenvalue weighted by atomic mass is 35.5. The Morgan fingerprint density at radius 2 is 2.20 bits per heavy atom. The number of carbonyl (C=O) groups excluding carboxylic acids is 1. The van der Waals surface area contributed by atoms with E-state index in [0.29, 0.717) is 31.4 Å². The van der Waals surface area contributed by atoms with Gasteiger partial charge in [-0.05, 0) is 30.9 Å². The quantitative estimate of drug-likeness (QED) is 0.783. The fraction of sp³-hybridized carbons (Fsp3) is 0.526. The number of phenolic OH excluding ortho intramolecular Hbond substituents is 1. The van der Waals surface area contributed by atoms with Crippen LogP contribution in [-0.2, 0) is 16.6 Å². The molecule has 4 atom stereocenters. The van der Waals surface area contributed by atoms with E-state index in [4.69, 9.17) is 4.74 Å². The van der Waals surface area contributed by atoms with Crippen LogP contribution >= 0.6 is 12.4 Å². The zero-order chi connectivity index (χ0) is 16.7. The van der Waals surface area contributed by atoms with E-state index in [1.165, 1.54) is 0 Å². The van der Waals surface area contributed by atoms with E-state index in [-0.39, 0.29) is 30.0 Å². The normalized spacial score (nSPS) is 37.7. The van der Waals surface area contributed by atoms with Gasteiger partial charge in [-0.2, -0.15) is 0 Å². The summed E-state index contributed by atoms with van der Waals surface area (Å²) >= 11 is 0. The molecule has 5 rings (SSSR count). The number of ketones is 1. The summed E-state index contributed by atoms with van der Waals surface area (Å²) in [5.41, 5.74) is 0.256. The summed E-state index contributed by atoms with van der Waals surface area (Å²) in [5.74, 6) is 0.528. The minimum atomic E-state index is -1.00. The van der Waals surface area contributed by atoms with Crippen molar-refractivity contribution in [3.8, 4) is 11.5 Å². The van der Waals surface area contributed by atoms with Crippen molar-refractivity contribution in [2.24, 2.45) is 0 Å². The van der Waals surface area contributed by atoms with Gasteiger partial charge in [0.25, 0.3) is 0 Å². The summed E-state index contributed by atoms with van der Waals surface area (Å²) < 4.78 is 5.98. The smallest absolute Gasteiger partial charge is 0.174 e. The molecule has 1 unspecified atom stereocenters. The highest BCUT2D eigenvalue weighted by Gasteiger charge is 2.72. The van der Waals surface area contributed by atoms with Gasteiger partial charge in [0.1, 0.15) is 0 Å². The number of Topliss-reactive ketones (excluding diaryl/α,β-unsaturated/α-hetero) is 1. The van der Waals surface area contributed by atoms with Crippen LogP contribution in [0.15, 0.2) is 24.8 Å². The van der Waals surface area contributed by atoms with E-state index >= 15 is 0 Å². The summed E-state index contributed by atoms with van der Waals surface area (Å²) in [7, 11) is 0. The van der Waals surface area contributed by atoms with Gasteiger partial charge >= 0.3 is 0 Å². The molecule has 134 valence electrons. The van der Waals surface area contributed by atoms with Crippen LogP contribution in [0.5, 0.6) is 11.5 Å². The second-order valence-corrected chi connectivity index (χ2v) is 7.56. The number of benzene rings is 1. The SMILES string of the molecule is C=CCN1CC[C@]23c4c5ccc(O)c4OC2C(=O)CC[C@@]3(O)[C@H]1C5.Cl. The van der Waals surface area contributed by atoms with Gasteiger partial charge in [-0.15, -0.1) is 19.0 Å². The van der Waals surface area contributed by atoms with E-state index in [2.05, 4.69) is 11.5 Å². The molecular weight excluding hydrogens is 342 g/mol. The first kappa shape index (κ1) is 16.9. The Bertz CT molecular complexity index is 781. The van der Waals surface area contributed by atoms with Gasteiger partial charge in [-0.3, -0.25) is 9.69 Å². The Labute approximate surface area is 152 Å². The Balaban J connectivity index is 0.00000157. The minimum absolute atomic E-state index is 0. The maximum atomic E-state index is 12.6. The fourth-order valence-corrected chi connectivity index (χ4v) is 5.80. The molecule has 25 heavy (non-hydrogen) atoms. The Morgan fingerprint density at radius 3 is 2.96 bits per heavy atom. The molecule has 2 aliphatic heterocycles. The monoisotopic (exact) mass is 363 g/mol. The van der Waals surface area contributed by atoms with Crippen LogP contribution in [0.25, 0.3) is 0 Å². The first-order valence-corrected chi connectivity index (χ1v) is 8.65. The Hall–Kier alpha value is -1.56. The van der Waals surface area contributed by atoms with Gasteiger partial charge in [0.15, 0.2) is 23.4 Å². The van der Waals surface area contributed by atoms with Gasteiger partial charge in [-0.25, -0.2) is 0 Å². The van der Waals surface area contributed by atoms with Crippen LogP contribution in [0.1, 0.15) is 30.4 Å². The number of likely N-dealkylation sites (tertiary alicyclic amines) is 1. The minimum Gasteiger partial charge on any atom is -0.504 e. The zero-order valence-electron chi connectivity index (χ0n) is 13.9. The van der Waals surface area contributed by atoms with Crippen molar-refractivity contribution >= 4 is 18.2 Å². The molecule has 0 amide bonds. The van der Waals surface area contributed by atoms with Gasteiger partial charge in [-0.1, -0.05) is 12.1 Å². The Morgan fingerprint density at radius 1 is 1.40 bits per heavy atom. The molecule has 1 saturated heterocycles. The number of aliphatic hydroxyl groups is 1. The van der Waals surface area contributed by atoms with Crippen LogP contribution in [-0.4, -0.2) is 51.7 Å². The summed E-state index contributed by atoms with van der Waals surface area (Å²) in [5, 5.41) is 22.1. The molecule has 0 aromatic heterocycles. The number of aromatic hydroxyl groups is 1. The number of halogens is 1. The third kappa shape index (κ3) is 1.74. The number of piperidine rings is 1. The summed E-state index contributed by atoms with van der Waals surface area (Å²) in [6, 6.07) is 3.52. The summed E-state index contributed by atoms with van der Waals surface area (Å²) in [6.07, 6.45) is 3.35. The summed E-state index contributed by atoms with van der Waals surface area (Å²) in [4.78, 5) is 14.9. The second kappa shape index (κ2) is 5.22. The lowest BCUT2D eigenvalue weighted by Crippen LogP contribution is -2.76. The lowest BCUT2D eigenvalue weighted by Gasteiger charge is -2.62. The largest absolute Gasteiger partial charge is 0.504 e. The standard InChI is InChI=1S/C19H21NO4.ClH/c1-2-8-20-9-7-18-15-11-3-4-12(21)16(15)24-17(18)13(22)5-6-19(18,23)14(20)10-11;/h2-4,14,17,21,23H,1,5-10H2;1H/t14-,17?,18+,19-;/m1./s1. The number of hydrogen-bond donors (Lipinski definition) is 2. The van der Waals surface area contributed by atoms with Crippen LogP contribution in [0.3, 0.4) is 0 Å². The molecular formula is C19H22ClNO4. The molecule has 1 aromatic rings. The van der Waals surface area contributed by atoms with E-state index in [1.807, 2.05) is 12.1 Å². The molecule has 2 aliphatic carbocycles. The molecule has 4 aliphatic rings. The highest BCUT2D eigenvalue weighted by molar-refractivity contribution is 5.90. The Kier molecular flexibility index (Phi) is 3.53. The van der Waals surface area contributed by atoms with Crippen LogP contribution < -0.4 is 4.74 Å². The molecule has 1 aromatic carbocycles. The highest BCUT2D eigenvalue weighted by Crippen LogP contribution is 2.64. The maximum absolute atomic E-state index is 12.6. The van der Waals surface area contributed by atoms with E-state index in [0.717, 1.165) is 24.2 Å². The van der Waals surface area contributed by atoms with E-state index in [1.54, 1.807) is 6.07 Å². The van der Waals surface area contributed by atoms with Crippen LogP contribution in [0.4, 0.5) is 0 Å². The van der Waals surface area contributed by atoms with E-state index < -0.39 is 17.1 Å². The second-order valence-electron chi connectivity index (χ2n) is 7.56. The van der Waals surface area contributed by atoms with Gasteiger partial charge < -0.3 is 14.9 Å². The lowest BCUT2D eigenvalue weighted by molar-refractivity contribution is -0.187. The molecule has 2 fully saturated rings. The van der Waals surface area contributed by atoms with Gasteiger partial charge in [0, 0.05) is 31.1 Å². The molecule has 0 radical (unpaired) electrons. The number of carbonyl (C=O) groups is 1. The molecule has 2 bridgehead atoms. The molecule has 6 heteroatoms. The third-order valence-electron chi connectivity index (χ3n) is 6.73. The van der Waals surface area contributed by atoms with Crippen molar-refractivity contribution in [1.82, 2.24) is 4.90 Å². The fourth-order valence-electron chi connectivity index (χ4n) is 5.80. The predicted molar refractivity (Wildman–Crippen MR) is 94.5 cm³/mol. The van der Waals surface area contributed by atoms with Crippen molar-refractivity contribution < 1.29 is 19.7 Å². The van der Waals surface area contributed by atoms with Crippen molar-refractivity contribution in [1.29, 1.82) is 0 Å². The number of rotatable bonds is 2. The first-order chi connectivity index (χ1) is 11.5. The van der Waals surface area contributed by atoms with Crippen molar-refractivity contribution in [2.45, 2.75) is 48.8 Å². The number of hydrogen-bond acceptors (Lipinski definition) is 5. The topological polar surface area (TPSA) is 70.0 Å². The zero-order valence-corrected chi connectivity index (χ0v) is 14.7. The average Bonchev–Trinajstić information content (AvgIpc) is 2.91. The molecule has 5 nitrogen and oxygen atoms in total. The van der Waals surface area contributed by atoms with Gasteiger partial charge in [0.2, 0.25) is 0 Å². The maximum Gasteiger partial charge on any atom is 0.174 e. The molecule has 2 N–H and O–H groups in total. The summed E-state index contributed by atoms with van der Waals surface area (Å²) in [6.45, 7) is 5.36. The number of phenols is 1. The number of ether oxygens (including phenoxy) is 1. The third-order valence-corrected chi connectivity index (χ3v) is 6.73. The van der Waals surface area contributed by atoms with Crippen molar-refractivity contribution in [3.63, 3.8) is 0 Å². The average molecular weight is 364 g/mol. The van der Waals surface area contributed by atoms with Gasteiger partial charge in [0.05, 0.1) is 11.0 Å². The van der Waals surface area contributed by atoms with Crippen molar-refractivity contribution in [2.75, 3.05) is 13.1 Å². The first-order valence-electron chi connectivity index (χ1n) is 8.65. The molecule has 1 saturated carbocycles. The lowest BCUT2D eigenvalue weighted by atomic mass is 9.49. The van der Waals surface area contributed by atoms with E-state index in [9.17, 15) is 15.0 Å². The number of nitrogens with zero attached hydrogens (tertiary/aromatic N) is 1. The van der Waals surface area contributed by atoms with Crippen LogP contribution in [0.2, 0.25) is 0 Å². The van der Waals surface area contributed by atoms with Crippen LogP contribution in [0, 0.1) is 0 Å². The molecule has 2 heterocycles. The molecule has 1 spiro atoms. The van der Waals surface area contributed by atoms with Crippen molar-refractivity contribution in [3.05, 3.63) is 35.9 Å².